The van der Waals surface area contributed by atoms with Gasteiger partial charge >= 0.3 is 11.9 Å². The summed E-state index contributed by atoms with van der Waals surface area (Å²) in [6, 6.07) is 0. The molecule has 1 unspecified atom stereocenters. The van der Waals surface area contributed by atoms with Gasteiger partial charge in [0.15, 0.2) is 6.10 Å². The minimum Gasteiger partial charge on any atom is -0.462 e. The Hall–Kier alpha value is -2.14. The fraction of sp³-hybridized carbons (Fsp3) is 0.730. The van der Waals surface area contributed by atoms with Gasteiger partial charge in [0, 0.05) is 12.8 Å². The Bertz CT molecular complexity index is 722. The van der Waals surface area contributed by atoms with Gasteiger partial charge in [0.1, 0.15) is 6.61 Å². The van der Waals surface area contributed by atoms with Gasteiger partial charge < -0.3 is 14.6 Å². The van der Waals surface area contributed by atoms with Crippen molar-refractivity contribution in [3.8, 4) is 0 Å². The van der Waals surface area contributed by atoms with Crippen LogP contribution in [-0.4, -0.2) is 36.4 Å². The third-order valence-corrected chi connectivity index (χ3v) is 7.10. The minimum atomic E-state index is -0.784. The summed E-state index contributed by atoms with van der Waals surface area (Å²) >= 11 is 0. The van der Waals surface area contributed by atoms with Crippen LogP contribution in [0.1, 0.15) is 155 Å². The first kappa shape index (κ1) is 39.9. The molecule has 0 fully saturated rings. The van der Waals surface area contributed by atoms with Gasteiger partial charge in [-0.2, -0.15) is 0 Å². The Morgan fingerprint density at radius 3 is 1.52 bits per heavy atom. The smallest absolute Gasteiger partial charge is 0.306 e. The highest BCUT2D eigenvalue weighted by molar-refractivity contribution is 5.70. The molecule has 0 aromatic rings. The Morgan fingerprint density at radius 1 is 0.548 bits per heavy atom. The van der Waals surface area contributed by atoms with Gasteiger partial charge in [-0.3, -0.25) is 9.59 Å². The topological polar surface area (TPSA) is 72.8 Å². The predicted octanol–water partition coefficient (Wildman–Crippen LogP) is 10.3. The Labute approximate surface area is 258 Å². The molecule has 0 amide bonds. The number of rotatable bonds is 30. The lowest BCUT2D eigenvalue weighted by atomic mass is 10.1. The molecule has 0 aliphatic heterocycles. The molecular formula is C37H64O5. The summed E-state index contributed by atoms with van der Waals surface area (Å²) in [5, 5.41) is 9.50. The average Bonchev–Trinajstić information content (AvgIpc) is 2.99. The van der Waals surface area contributed by atoms with Gasteiger partial charge in [-0.25, -0.2) is 0 Å². The van der Waals surface area contributed by atoms with Crippen molar-refractivity contribution >= 4 is 11.9 Å². The minimum absolute atomic E-state index is 0.0806. The summed E-state index contributed by atoms with van der Waals surface area (Å²) in [5.41, 5.74) is 0. The first-order chi connectivity index (χ1) is 20.6. The van der Waals surface area contributed by atoms with Crippen molar-refractivity contribution in [2.45, 2.75) is 161 Å². The van der Waals surface area contributed by atoms with Gasteiger partial charge in [0.2, 0.25) is 0 Å². The summed E-state index contributed by atoms with van der Waals surface area (Å²) in [7, 11) is 0. The van der Waals surface area contributed by atoms with E-state index in [0.717, 1.165) is 70.6 Å². The van der Waals surface area contributed by atoms with E-state index in [1.54, 1.807) is 0 Å². The number of unbranched alkanes of at least 4 members (excludes halogenated alkanes) is 14. The Morgan fingerprint density at radius 2 is 0.976 bits per heavy atom. The maximum absolute atomic E-state index is 12.1. The monoisotopic (exact) mass is 588 g/mol. The lowest BCUT2D eigenvalue weighted by molar-refractivity contribution is -0.161. The van der Waals surface area contributed by atoms with Gasteiger partial charge in [0.25, 0.3) is 0 Å². The molecule has 5 heteroatoms. The van der Waals surface area contributed by atoms with Crippen molar-refractivity contribution < 1.29 is 24.2 Å². The number of hydrogen-bond acceptors (Lipinski definition) is 5. The van der Waals surface area contributed by atoms with Gasteiger partial charge in [0.05, 0.1) is 6.61 Å². The van der Waals surface area contributed by atoms with E-state index in [1.165, 1.54) is 57.8 Å². The first-order valence-electron chi connectivity index (χ1n) is 17.2. The van der Waals surface area contributed by atoms with Crippen LogP contribution in [-0.2, 0) is 19.1 Å². The molecule has 0 saturated carbocycles. The molecule has 0 aliphatic rings. The number of carbonyl (C=O) groups is 2. The van der Waals surface area contributed by atoms with Crippen LogP contribution in [0, 0.1) is 0 Å². The molecule has 0 radical (unpaired) electrons. The molecule has 0 heterocycles. The zero-order chi connectivity index (χ0) is 30.8. The number of esters is 2. The second-order valence-electron chi connectivity index (χ2n) is 11.2. The second kappa shape index (κ2) is 33.4. The van der Waals surface area contributed by atoms with Crippen LogP contribution in [0.4, 0.5) is 0 Å². The van der Waals surface area contributed by atoms with Crippen LogP contribution in [0.15, 0.2) is 48.6 Å². The van der Waals surface area contributed by atoms with Gasteiger partial charge in [-0.1, -0.05) is 120 Å². The fourth-order valence-corrected chi connectivity index (χ4v) is 4.42. The van der Waals surface area contributed by atoms with Crippen LogP contribution in [0.5, 0.6) is 0 Å². The predicted molar refractivity (Wildman–Crippen MR) is 177 cm³/mol. The zero-order valence-electron chi connectivity index (χ0n) is 27.2. The molecule has 0 aromatic heterocycles. The van der Waals surface area contributed by atoms with E-state index in [2.05, 4.69) is 62.5 Å². The largest absolute Gasteiger partial charge is 0.462 e. The normalized spacial score (nSPS) is 12.7. The molecule has 0 saturated heterocycles. The fourth-order valence-electron chi connectivity index (χ4n) is 4.42. The van der Waals surface area contributed by atoms with Crippen molar-refractivity contribution in [1.29, 1.82) is 0 Å². The van der Waals surface area contributed by atoms with Crippen LogP contribution >= 0.6 is 0 Å². The summed E-state index contributed by atoms with van der Waals surface area (Å²) in [6.45, 7) is 4.02. The van der Waals surface area contributed by atoms with E-state index in [-0.39, 0.29) is 25.2 Å². The number of hydrogen-bond donors (Lipinski definition) is 1. The number of allylic oxidation sites excluding steroid dienone is 8. The van der Waals surface area contributed by atoms with Crippen molar-refractivity contribution in [3.63, 3.8) is 0 Å². The Balaban J connectivity index is 3.66. The highest BCUT2D eigenvalue weighted by atomic mass is 16.6. The van der Waals surface area contributed by atoms with Crippen LogP contribution in [0.25, 0.3) is 0 Å². The number of carbonyl (C=O) groups excluding carboxylic acids is 2. The van der Waals surface area contributed by atoms with Gasteiger partial charge in [-0.05, 0) is 70.6 Å². The third-order valence-electron chi connectivity index (χ3n) is 7.10. The number of ether oxygens (including phenoxy) is 2. The van der Waals surface area contributed by atoms with Crippen LogP contribution in [0.3, 0.4) is 0 Å². The zero-order valence-corrected chi connectivity index (χ0v) is 27.2. The molecule has 42 heavy (non-hydrogen) atoms. The summed E-state index contributed by atoms with van der Waals surface area (Å²) in [6.07, 6.45) is 40.2. The quantitative estimate of drug-likeness (QED) is 0.0513. The van der Waals surface area contributed by atoms with Crippen molar-refractivity contribution in [2.24, 2.45) is 0 Å². The van der Waals surface area contributed by atoms with E-state index in [9.17, 15) is 14.7 Å². The molecule has 1 N–H and O–H groups in total. The van der Waals surface area contributed by atoms with E-state index in [4.69, 9.17) is 9.47 Å². The third kappa shape index (κ3) is 30.8. The van der Waals surface area contributed by atoms with Crippen molar-refractivity contribution in [3.05, 3.63) is 48.6 Å². The summed E-state index contributed by atoms with van der Waals surface area (Å²) in [5.74, 6) is -0.633. The molecule has 0 aliphatic carbocycles. The highest BCUT2D eigenvalue weighted by Crippen LogP contribution is 2.11. The molecule has 0 rings (SSSR count). The second-order valence-corrected chi connectivity index (χ2v) is 11.2. The standard InChI is InChI=1S/C37H64O5/c1-3-5-7-9-11-13-15-16-17-18-19-20-22-24-26-28-30-32-37(40)42-35(33-38)34-41-36(39)31-29-27-25-23-21-14-12-10-8-6-4-2/h10-13,16-17,19-20,35,38H,3-9,14-15,18,21-34H2,1-2H3. The molecule has 242 valence electrons. The van der Waals surface area contributed by atoms with Crippen molar-refractivity contribution in [1.82, 2.24) is 0 Å². The molecule has 5 nitrogen and oxygen atoms in total. The molecule has 0 aromatic carbocycles. The molecule has 0 spiro atoms. The van der Waals surface area contributed by atoms with Gasteiger partial charge in [-0.15, -0.1) is 0 Å². The summed E-state index contributed by atoms with van der Waals surface area (Å²) in [4.78, 5) is 24.1. The van der Waals surface area contributed by atoms with E-state index < -0.39 is 6.10 Å². The van der Waals surface area contributed by atoms with E-state index >= 15 is 0 Å². The van der Waals surface area contributed by atoms with E-state index in [1.807, 2.05) is 0 Å². The average molecular weight is 589 g/mol. The maximum atomic E-state index is 12.1. The molecule has 0 bridgehead atoms. The van der Waals surface area contributed by atoms with Crippen LogP contribution in [0.2, 0.25) is 0 Å². The lowest BCUT2D eigenvalue weighted by Crippen LogP contribution is -2.28. The lowest BCUT2D eigenvalue weighted by Gasteiger charge is -2.15. The van der Waals surface area contributed by atoms with Crippen molar-refractivity contribution in [2.75, 3.05) is 13.2 Å². The summed E-state index contributed by atoms with van der Waals surface area (Å²) < 4.78 is 10.5. The molecule has 1 atom stereocenters. The SMILES string of the molecule is CCCCC=CCCCCCCCC(=O)OCC(CO)OC(=O)CCCCCCC=CCC=CCC=CCCCCC. The number of aliphatic hydroxyl groups excluding tert-OH is 1. The first-order valence-corrected chi connectivity index (χ1v) is 17.2. The maximum Gasteiger partial charge on any atom is 0.306 e. The highest BCUT2D eigenvalue weighted by Gasteiger charge is 2.16. The Kier molecular flexibility index (Phi) is 31.7. The van der Waals surface area contributed by atoms with Crippen LogP contribution < -0.4 is 0 Å². The molecular weight excluding hydrogens is 524 g/mol. The van der Waals surface area contributed by atoms with E-state index in [0.29, 0.717) is 12.8 Å². The number of aliphatic hydroxyl groups is 1.